The minimum Gasteiger partial charge on any atom is -0.465 e. The van der Waals surface area contributed by atoms with Crippen LogP contribution in [0.3, 0.4) is 0 Å². The maximum absolute atomic E-state index is 12.3. The van der Waals surface area contributed by atoms with E-state index in [1.807, 2.05) is 57.2 Å². The van der Waals surface area contributed by atoms with Crippen molar-refractivity contribution in [1.82, 2.24) is 15.0 Å². The molecule has 0 bridgehead atoms. The van der Waals surface area contributed by atoms with Crippen LogP contribution in [0.4, 0.5) is 4.79 Å². The first-order valence-corrected chi connectivity index (χ1v) is 11.0. The molecule has 0 unspecified atom stereocenters. The van der Waals surface area contributed by atoms with Crippen molar-refractivity contribution in [3.8, 4) is 11.4 Å². The summed E-state index contributed by atoms with van der Waals surface area (Å²) in [6.07, 6.45) is 0.376. The van der Waals surface area contributed by atoms with Crippen LogP contribution in [-0.2, 0) is 20.7 Å². The molecule has 0 saturated heterocycles. The van der Waals surface area contributed by atoms with Crippen LogP contribution in [0.2, 0.25) is 0 Å². The number of fused-ring (bicyclic) bond motifs is 1. The second-order valence-electron chi connectivity index (χ2n) is 9.47. The van der Waals surface area contributed by atoms with Crippen LogP contribution >= 0.6 is 0 Å². The summed E-state index contributed by atoms with van der Waals surface area (Å²) in [5.41, 5.74) is 1.57. The van der Waals surface area contributed by atoms with Crippen LogP contribution in [0.15, 0.2) is 42.5 Å². The molecule has 1 aromatic heterocycles. The summed E-state index contributed by atoms with van der Waals surface area (Å²) < 4.78 is 16.2. The molecule has 0 amide bonds. The van der Waals surface area contributed by atoms with E-state index in [-0.39, 0.29) is 18.3 Å². The number of aromatic nitrogens is 3. The topological polar surface area (TPSA) is 92.5 Å². The van der Waals surface area contributed by atoms with E-state index < -0.39 is 17.2 Å². The van der Waals surface area contributed by atoms with Crippen molar-refractivity contribution in [3.05, 3.63) is 48.0 Å². The largest absolute Gasteiger partial charge is 0.514 e. The molecular formula is C25H31N3O5. The number of carbonyl (C=O) groups excluding carboxylic acids is 2. The first-order valence-electron chi connectivity index (χ1n) is 11.0. The second-order valence-corrected chi connectivity index (χ2v) is 9.47. The Balaban J connectivity index is 1.86. The summed E-state index contributed by atoms with van der Waals surface area (Å²) in [7, 11) is 0. The molecule has 176 valence electrons. The van der Waals surface area contributed by atoms with Crippen molar-refractivity contribution in [2.45, 2.75) is 60.0 Å². The van der Waals surface area contributed by atoms with E-state index in [4.69, 9.17) is 14.2 Å². The molecule has 0 spiro atoms. The van der Waals surface area contributed by atoms with Crippen LogP contribution in [0.25, 0.3) is 16.7 Å². The zero-order valence-electron chi connectivity index (χ0n) is 20.0. The Bertz CT molecular complexity index is 1110. The predicted octanol–water partition coefficient (Wildman–Crippen LogP) is 5.26. The minimum absolute atomic E-state index is 0.227. The summed E-state index contributed by atoms with van der Waals surface area (Å²) >= 11 is 0. The maximum atomic E-state index is 12.3. The van der Waals surface area contributed by atoms with Gasteiger partial charge in [-0.25, -0.2) is 4.79 Å². The number of hydrogen-bond donors (Lipinski definition) is 0. The van der Waals surface area contributed by atoms with Crippen molar-refractivity contribution in [2.24, 2.45) is 5.41 Å². The highest BCUT2D eigenvalue weighted by atomic mass is 16.7. The standard InChI is InChI=1S/C25H31N3O5/c1-7-25(5,6)22(29)31-15-14-17-12-13-21(32-23(30)33-24(2,3)4)20(16-17)28-26-18-10-8-9-11-19(18)27-28/h8-13,16H,7,14-15H2,1-6H3. The summed E-state index contributed by atoms with van der Waals surface area (Å²) in [5, 5.41) is 9.01. The van der Waals surface area contributed by atoms with Gasteiger partial charge in [0.1, 0.15) is 22.3 Å². The highest BCUT2D eigenvalue weighted by Gasteiger charge is 2.27. The van der Waals surface area contributed by atoms with Gasteiger partial charge in [-0.3, -0.25) is 4.79 Å². The monoisotopic (exact) mass is 453 g/mol. The molecule has 33 heavy (non-hydrogen) atoms. The molecule has 1 heterocycles. The number of hydrogen-bond acceptors (Lipinski definition) is 7. The molecule has 8 heteroatoms. The summed E-state index contributed by atoms with van der Waals surface area (Å²) in [4.78, 5) is 26.0. The van der Waals surface area contributed by atoms with Gasteiger partial charge in [-0.1, -0.05) is 25.1 Å². The van der Waals surface area contributed by atoms with E-state index >= 15 is 0 Å². The van der Waals surface area contributed by atoms with Crippen molar-refractivity contribution in [1.29, 1.82) is 0 Å². The van der Waals surface area contributed by atoms with Gasteiger partial charge in [0, 0.05) is 6.42 Å². The zero-order valence-corrected chi connectivity index (χ0v) is 20.0. The van der Waals surface area contributed by atoms with Crippen molar-refractivity contribution < 1.29 is 23.8 Å². The highest BCUT2D eigenvalue weighted by molar-refractivity contribution is 5.76. The number of carbonyl (C=O) groups is 2. The molecule has 3 aromatic rings. The summed E-state index contributed by atoms with van der Waals surface area (Å²) in [5.74, 6) is 0.0347. The van der Waals surface area contributed by atoms with Gasteiger partial charge >= 0.3 is 12.1 Å². The molecule has 0 N–H and O–H groups in total. The van der Waals surface area contributed by atoms with Gasteiger partial charge in [0.05, 0.1) is 12.0 Å². The highest BCUT2D eigenvalue weighted by Crippen LogP contribution is 2.27. The molecule has 0 aliphatic rings. The van der Waals surface area contributed by atoms with Gasteiger partial charge in [-0.2, -0.15) is 0 Å². The Labute approximate surface area is 193 Å². The normalized spacial score (nSPS) is 11.9. The van der Waals surface area contributed by atoms with Gasteiger partial charge in [0.2, 0.25) is 0 Å². The fraction of sp³-hybridized carbons (Fsp3) is 0.440. The van der Waals surface area contributed by atoms with Crippen LogP contribution in [0.1, 0.15) is 53.5 Å². The number of ether oxygens (including phenoxy) is 3. The number of rotatable bonds is 7. The molecule has 0 aliphatic carbocycles. The lowest BCUT2D eigenvalue weighted by Crippen LogP contribution is -2.26. The van der Waals surface area contributed by atoms with Crippen LogP contribution in [-0.4, -0.2) is 39.3 Å². The van der Waals surface area contributed by atoms with Crippen LogP contribution < -0.4 is 4.74 Å². The smallest absolute Gasteiger partial charge is 0.465 e. The predicted molar refractivity (Wildman–Crippen MR) is 124 cm³/mol. The average Bonchev–Trinajstić information content (AvgIpc) is 3.17. The van der Waals surface area contributed by atoms with Gasteiger partial charge < -0.3 is 14.2 Å². The quantitative estimate of drug-likeness (QED) is 0.356. The van der Waals surface area contributed by atoms with Crippen LogP contribution in [0.5, 0.6) is 5.75 Å². The van der Waals surface area contributed by atoms with E-state index in [0.717, 1.165) is 5.56 Å². The Morgan fingerprint density at radius 1 is 0.970 bits per heavy atom. The Hall–Kier alpha value is -3.42. The lowest BCUT2D eigenvalue weighted by atomic mass is 9.91. The Morgan fingerprint density at radius 3 is 2.18 bits per heavy atom. The third-order valence-electron chi connectivity index (χ3n) is 5.17. The van der Waals surface area contributed by atoms with E-state index in [1.54, 1.807) is 26.8 Å². The molecule has 0 fully saturated rings. The van der Waals surface area contributed by atoms with Crippen molar-refractivity contribution >= 4 is 23.2 Å². The molecule has 0 radical (unpaired) electrons. The molecule has 8 nitrogen and oxygen atoms in total. The molecule has 2 aromatic carbocycles. The molecule has 0 saturated carbocycles. The SMILES string of the molecule is CCC(C)(C)C(=O)OCCc1ccc(OC(=O)OC(C)(C)C)c(-n2nc3ccccc3n2)c1. The Kier molecular flexibility index (Phi) is 7.05. The zero-order chi connectivity index (χ0) is 24.2. The van der Waals surface area contributed by atoms with Gasteiger partial charge in [-0.15, -0.1) is 15.0 Å². The average molecular weight is 454 g/mol. The van der Waals surface area contributed by atoms with E-state index in [9.17, 15) is 9.59 Å². The third-order valence-corrected chi connectivity index (χ3v) is 5.17. The molecule has 0 aliphatic heterocycles. The minimum atomic E-state index is -0.816. The van der Waals surface area contributed by atoms with E-state index in [1.165, 1.54) is 4.80 Å². The van der Waals surface area contributed by atoms with Gasteiger partial charge in [0.15, 0.2) is 5.75 Å². The molecule has 3 rings (SSSR count). The second kappa shape index (κ2) is 9.60. The molecule has 0 atom stereocenters. The van der Waals surface area contributed by atoms with Gasteiger partial charge in [-0.05, 0) is 70.9 Å². The fourth-order valence-corrected chi connectivity index (χ4v) is 2.89. The first kappa shape index (κ1) is 24.2. The van der Waals surface area contributed by atoms with Crippen LogP contribution in [0, 0.1) is 5.41 Å². The van der Waals surface area contributed by atoms with E-state index in [2.05, 4.69) is 10.2 Å². The number of benzene rings is 2. The lowest BCUT2D eigenvalue weighted by Gasteiger charge is -2.20. The number of nitrogens with zero attached hydrogens (tertiary/aromatic N) is 3. The third kappa shape index (κ3) is 6.31. The summed E-state index contributed by atoms with van der Waals surface area (Å²) in [6.45, 7) is 11.2. The van der Waals surface area contributed by atoms with Crippen molar-refractivity contribution in [2.75, 3.05) is 6.61 Å². The molecular weight excluding hydrogens is 422 g/mol. The fourth-order valence-electron chi connectivity index (χ4n) is 2.89. The Morgan fingerprint density at radius 2 is 1.61 bits per heavy atom. The lowest BCUT2D eigenvalue weighted by molar-refractivity contribution is -0.154. The van der Waals surface area contributed by atoms with Crippen molar-refractivity contribution in [3.63, 3.8) is 0 Å². The maximum Gasteiger partial charge on any atom is 0.514 e. The van der Waals surface area contributed by atoms with E-state index in [0.29, 0.717) is 29.6 Å². The van der Waals surface area contributed by atoms with Gasteiger partial charge in [0.25, 0.3) is 0 Å². The first-order chi connectivity index (χ1) is 15.5. The summed E-state index contributed by atoms with van der Waals surface area (Å²) in [6, 6.07) is 12.8. The number of esters is 1.